The van der Waals surface area contributed by atoms with Crippen LogP contribution in [-0.2, 0) is 9.53 Å². The second kappa shape index (κ2) is 20.1. The molecule has 1 atom stereocenters. The average molecular weight is 386 g/mol. The van der Waals surface area contributed by atoms with E-state index in [0.29, 0.717) is 19.4 Å². The van der Waals surface area contributed by atoms with Crippen LogP contribution in [0.4, 0.5) is 0 Å². The molecule has 0 amide bonds. The Morgan fingerprint density at radius 3 is 1.59 bits per heavy atom. The van der Waals surface area contributed by atoms with Crippen LogP contribution >= 0.6 is 0 Å². The van der Waals surface area contributed by atoms with Gasteiger partial charge in [0.2, 0.25) is 6.29 Å². The molecule has 0 aromatic carbocycles. The maximum atomic E-state index is 11.6. The van der Waals surface area contributed by atoms with Gasteiger partial charge in [0.25, 0.3) is 0 Å². The van der Waals surface area contributed by atoms with E-state index in [-0.39, 0.29) is 5.97 Å². The molecule has 0 bridgehead atoms. The quantitative estimate of drug-likeness (QED) is 0.157. The maximum absolute atomic E-state index is 11.6. The summed E-state index contributed by atoms with van der Waals surface area (Å²) in [5.41, 5.74) is 0. The zero-order valence-electron chi connectivity index (χ0n) is 18.5. The summed E-state index contributed by atoms with van der Waals surface area (Å²) in [6, 6.07) is 0. The molecule has 1 unspecified atom stereocenters. The third-order valence-electron chi connectivity index (χ3n) is 5.08. The number of rotatable bonds is 20. The Morgan fingerprint density at radius 1 is 0.778 bits per heavy atom. The standard InChI is InChI=1S/C23H47NO3/c1-4-5-6-7-8-9-10-11-12-13-14-15-16-17-18-19-22(25)27-23(26)20-21-24(2)3/h23,26H,4-21H2,1-3H3. The van der Waals surface area contributed by atoms with Crippen molar-refractivity contribution in [1.29, 1.82) is 0 Å². The topological polar surface area (TPSA) is 49.8 Å². The fraction of sp³-hybridized carbons (Fsp3) is 0.957. The van der Waals surface area contributed by atoms with Gasteiger partial charge in [-0.1, -0.05) is 96.8 Å². The lowest BCUT2D eigenvalue weighted by Gasteiger charge is -2.14. The van der Waals surface area contributed by atoms with E-state index in [1.165, 1.54) is 83.5 Å². The first kappa shape index (κ1) is 26.4. The number of hydrogen-bond donors (Lipinski definition) is 1. The predicted molar refractivity (Wildman–Crippen MR) is 115 cm³/mol. The lowest BCUT2D eigenvalue weighted by molar-refractivity contribution is -0.169. The van der Waals surface area contributed by atoms with Crippen LogP contribution < -0.4 is 0 Å². The summed E-state index contributed by atoms with van der Waals surface area (Å²) < 4.78 is 5.01. The third-order valence-corrected chi connectivity index (χ3v) is 5.08. The van der Waals surface area contributed by atoms with Crippen LogP contribution in [0.15, 0.2) is 0 Å². The second-order valence-corrected chi connectivity index (χ2v) is 8.24. The molecule has 0 heterocycles. The van der Waals surface area contributed by atoms with Crippen LogP contribution in [0.5, 0.6) is 0 Å². The highest BCUT2D eigenvalue weighted by Gasteiger charge is 2.10. The van der Waals surface area contributed by atoms with Gasteiger partial charge in [-0.15, -0.1) is 0 Å². The van der Waals surface area contributed by atoms with Gasteiger partial charge in [-0.05, 0) is 20.5 Å². The van der Waals surface area contributed by atoms with Crippen molar-refractivity contribution < 1.29 is 14.6 Å². The molecule has 0 aromatic rings. The summed E-state index contributed by atoms with van der Waals surface area (Å²) in [7, 11) is 3.87. The van der Waals surface area contributed by atoms with E-state index in [4.69, 9.17) is 4.74 Å². The van der Waals surface area contributed by atoms with Crippen molar-refractivity contribution >= 4 is 5.97 Å². The van der Waals surface area contributed by atoms with Crippen LogP contribution in [0.2, 0.25) is 0 Å². The first-order valence-electron chi connectivity index (χ1n) is 11.6. The highest BCUT2D eigenvalue weighted by molar-refractivity contribution is 5.69. The van der Waals surface area contributed by atoms with Crippen LogP contribution in [-0.4, -0.2) is 42.9 Å². The Hall–Kier alpha value is -0.610. The minimum Gasteiger partial charge on any atom is -0.436 e. The van der Waals surface area contributed by atoms with Crippen molar-refractivity contribution in [2.24, 2.45) is 0 Å². The number of carbonyl (C=O) groups is 1. The van der Waals surface area contributed by atoms with E-state index in [1.807, 2.05) is 19.0 Å². The second-order valence-electron chi connectivity index (χ2n) is 8.24. The van der Waals surface area contributed by atoms with Gasteiger partial charge < -0.3 is 14.7 Å². The summed E-state index contributed by atoms with van der Waals surface area (Å²) in [5, 5.41) is 9.62. The summed E-state index contributed by atoms with van der Waals surface area (Å²) in [4.78, 5) is 13.6. The molecule has 0 fully saturated rings. The molecule has 4 heteroatoms. The first-order chi connectivity index (χ1) is 13.1. The summed E-state index contributed by atoms with van der Waals surface area (Å²) in [5.74, 6) is -0.268. The molecule has 0 aromatic heterocycles. The zero-order chi connectivity index (χ0) is 20.2. The number of carbonyl (C=O) groups excluding carboxylic acids is 1. The highest BCUT2D eigenvalue weighted by Crippen LogP contribution is 2.14. The molecule has 162 valence electrons. The smallest absolute Gasteiger partial charge is 0.308 e. The largest absolute Gasteiger partial charge is 0.436 e. The van der Waals surface area contributed by atoms with Crippen molar-refractivity contribution in [3.8, 4) is 0 Å². The lowest BCUT2D eigenvalue weighted by atomic mass is 10.0. The number of aliphatic hydroxyl groups is 1. The van der Waals surface area contributed by atoms with Crippen molar-refractivity contribution in [3.05, 3.63) is 0 Å². The molecule has 0 aliphatic heterocycles. The Labute approximate surface area is 169 Å². The molecular formula is C23H47NO3. The molecule has 0 saturated heterocycles. The van der Waals surface area contributed by atoms with Crippen molar-refractivity contribution in [2.75, 3.05) is 20.6 Å². The number of esters is 1. The summed E-state index contributed by atoms with van der Waals surface area (Å²) in [6.07, 6.45) is 19.7. The van der Waals surface area contributed by atoms with Crippen LogP contribution in [0.3, 0.4) is 0 Å². The normalized spacial score (nSPS) is 12.5. The first-order valence-corrected chi connectivity index (χ1v) is 11.6. The fourth-order valence-corrected chi connectivity index (χ4v) is 3.28. The molecule has 0 spiro atoms. The molecule has 0 rings (SSSR count). The maximum Gasteiger partial charge on any atom is 0.308 e. The Kier molecular flexibility index (Phi) is 19.7. The fourth-order valence-electron chi connectivity index (χ4n) is 3.28. The van der Waals surface area contributed by atoms with E-state index < -0.39 is 6.29 Å². The van der Waals surface area contributed by atoms with E-state index in [0.717, 1.165) is 12.8 Å². The van der Waals surface area contributed by atoms with Gasteiger partial charge in [0, 0.05) is 19.4 Å². The lowest BCUT2D eigenvalue weighted by Crippen LogP contribution is -2.23. The van der Waals surface area contributed by atoms with Gasteiger partial charge >= 0.3 is 5.97 Å². The third kappa shape index (κ3) is 21.5. The van der Waals surface area contributed by atoms with Gasteiger partial charge in [-0.2, -0.15) is 0 Å². The zero-order valence-corrected chi connectivity index (χ0v) is 18.5. The minimum atomic E-state index is -0.962. The summed E-state index contributed by atoms with van der Waals surface area (Å²) in [6.45, 7) is 2.99. The van der Waals surface area contributed by atoms with Crippen LogP contribution in [0.1, 0.15) is 116 Å². The molecule has 1 N–H and O–H groups in total. The van der Waals surface area contributed by atoms with Gasteiger partial charge in [0.15, 0.2) is 0 Å². The molecule has 0 saturated carbocycles. The van der Waals surface area contributed by atoms with Gasteiger partial charge in [0.1, 0.15) is 0 Å². The molecular weight excluding hydrogens is 338 g/mol. The van der Waals surface area contributed by atoms with Crippen molar-refractivity contribution in [3.63, 3.8) is 0 Å². The van der Waals surface area contributed by atoms with Crippen LogP contribution in [0.25, 0.3) is 0 Å². The number of ether oxygens (including phenoxy) is 1. The SMILES string of the molecule is CCCCCCCCCCCCCCCCCC(=O)OC(O)CCN(C)C. The molecule has 4 nitrogen and oxygen atoms in total. The minimum absolute atomic E-state index is 0.268. The van der Waals surface area contributed by atoms with E-state index in [1.54, 1.807) is 0 Å². The van der Waals surface area contributed by atoms with Crippen molar-refractivity contribution in [2.45, 2.75) is 122 Å². The number of unbranched alkanes of at least 4 members (excludes halogenated alkanes) is 14. The average Bonchev–Trinajstić information content (AvgIpc) is 2.63. The number of aliphatic hydroxyl groups excluding tert-OH is 1. The summed E-state index contributed by atoms with van der Waals surface area (Å²) >= 11 is 0. The number of nitrogens with zero attached hydrogens (tertiary/aromatic N) is 1. The highest BCUT2D eigenvalue weighted by atomic mass is 16.6. The monoisotopic (exact) mass is 385 g/mol. The van der Waals surface area contributed by atoms with Crippen LogP contribution in [0, 0.1) is 0 Å². The Balaban J connectivity index is 3.23. The van der Waals surface area contributed by atoms with Gasteiger partial charge in [0.05, 0.1) is 0 Å². The van der Waals surface area contributed by atoms with Crippen molar-refractivity contribution in [1.82, 2.24) is 4.90 Å². The predicted octanol–water partition coefficient (Wildman–Crippen LogP) is 6.06. The molecule has 0 radical (unpaired) electrons. The Bertz CT molecular complexity index is 321. The van der Waals surface area contributed by atoms with E-state index in [2.05, 4.69) is 6.92 Å². The molecule has 27 heavy (non-hydrogen) atoms. The molecule has 0 aliphatic rings. The molecule has 0 aliphatic carbocycles. The Morgan fingerprint density at radius 2 is 1.19 bits per heavy atom. The van der Waals surface area contributed by atoms with E-state index >= 15 is 0 Å². The number of hydrogen-bond acceptors (Lipinski definition) is 4. The van der Waals surface area contributed by atoms with Gasteiger partial charge in [-0.25, -0.2) is 0 Å². The van der Waals surface area contributed by atoms with E-state index in [9.17, 15) is 9.90 Å². The van der Waals surface area contributed by atoms with Gasteiger partial charge in [-0.3, -0.25) is 4.79 Å².